The smallest absolute Gasteiger partial charge is 0.220 e. The number of nitrogens with one attached hydrogen (secondary N) is 1. The summed E-state index contributed by atoms with van der Waals surface area (Å²) in [6.45, 7) is 6.62. The minimum absolute atomic E-state index is 0.00314. The van der Waals surface area contributed by atoms with Crippen LogP contribution < -0.4 is 14.8 Å². The van der Waals surface area contributed by atoms with E-state index in [1.807, 2.05) is 75.4 Å². The van der Waals surface area contributed by atoms with E-state index >= 15 is 0 Å². The fourth-order valence-corrected chi connectivity index (χ4v) is 4.41. The molecule has 2 aromatic carbocycles. The molecule has 0 aliphatic heterocycles. The van der Waals surface area contributed by atoms with Crippen LogP contribution in [0.25, 0.3) is 27.8 Å². The van der Waals surface area contributed by atoms with Crippen LogP contribution in [0.4, 0.5) is 0 Å². The Morgan fingerprint density at radius 1 is 1.05 bits per heavy atom. The van der Waals surface area contributed by atoms with Gasteiger partial charge in [0.1, 0.15) is 18.1 Å². The highest BCUT2D eigenvalue weighted by Crippen LogP contribution is 2.28. The van der Waals surface area contributed by atoms with Crippen molar-refractivity contribution in [2.45, 2.75) is 40.3 Å². The normalized spacial score (nSPS) is 11.6. The van der Waals surface area contributed by atoms with Gasteiger partial charge in [-0.25, -0.2) is 0 Å². The topological polar surface area (TPSA) is 104 Å². The van der Waals surface area contributed by atoms with Crippen LogP contribution in [0.3, 0.4) is 0 Å². The number of nitrogens with zero attached hydrogens (tertiary/aromatic N) is 5. The van der Waals surface area contributed by atoms with Crippen molar-refractivity contribution in [1.82, 2.24) is 30.1 Å². The van der Waals surface area contributed by atoms with E-state index in [1.54, 1.807) is 17.8 Å². The molecule has 1 N–H and O–H groups in total. The lowest BCUT2D eigenvalue weighted by Gasteiger charge is -2.17. The lowest BCUT2D eigenvalue weighted by molar-refractivity contribution is -0.122. The van der Waals surface area contributed by atoms with Gasteiger partial charge in [-0.1, -0.05) is 44.5 Å². The summed E-state index contributed by atoms with van der Waals surface area (Å²) in [6, 6.07) is 16.9. The number of ether oxygens (including phenoxy) is 2. The van der Waals surface area contributed by atoms with Gasteiger partial charge in [0.05, 0.1) is 18.3 Å². The van der Waals surface area contributed by atoms with Crippen LogP contribution in [-0.2, 0) is 17.9 Å². The zero-order valence-corrected chi connectivity index (χ0v) is 23.0. The molecule has 0 unspecified atom stereocenters. The van der Waals surface area contributed by atoms with E-state index in [0.29, 0.717) is 40.9 Å². The second-order valence-corrected chi connectivity index (χ2v) is 10.8. The number of hydrogen-bond acceptors (Lipinski definition) is 7. The number of amides is 1. The highest BCUT2D eigenvalue weighted by Gasteiger charge is 2.16. The van der Waals surface area contributed by atoms with Gasteiger partial charge in [-0.05, 0) is 47.4 Å². The second-order valence-electron chi connectivity index (χ2n) is 10.4. The first-order valence-corrected chi connectivity index (χ1v) is 12.9. The average molecular weight is 545 g/mol. The molecule has 0 radical (unpaired) electrons. The molecular weight excluding hydrogens is 516 g/mol. The summed E-state index contributed by atoms with van der Waals surface area (Å²) in [4.78, 5) is 16.6. The van der Waals surface area contributed by atoms with Gasteiger partial charge in [-0.2, -0.15) is 9.61 Å². The molecule has 0 bridgehead atoms. The van der Waals surface area contributed by atoms with E-state index in [0.717, 1.165) is 27.8 Å². The zero-order chi connectivity index (χ0) is 27.6. The molecule has 0 fully saturated rings. The Kier molecular flexibility index (Phi) is 7.34. The van der Waals surface area contributed by atoms with E-state index in [4.69, 9.17) is 26.2 Å². The van der Waals surface area contributed by atoms with Crippen molar-refractivity contribution in [3.63, 3.8) is 0 Å². The molecule has 0 spiro atoms. The Labute approximate surface area is 231 Å². The average Bonchev–Trinajstić information content (AvgIpc) is 3.32. The monoisotopic (exact) mass is 544 g/mol. The summed E-state index contributed by atoms with van der Waals surface area (Å²) in [5, 5.41) is 17.6. The Bertz CT molecular complexity index is 1660. The van der Waals surface area contributed by atoms with E-state index in [-0.39, 0.29) is 17.9 Å². The number of hydrogen-bond donors (Lipinski definition) is 1. The van der Waals surface area contributed by atoms with Gasteiger partial charge in [0, 0.05) is 41.2 Å². The molecule has 200 valence electrons. The van der Waals surface area contributed by atoms with Gasteiger partial charge < -0.3 is 14.8 Å². The first kappa shape index (κ1) is 26.4. The van der Waals surface area contributed by atoms with Crippen molar-refractivity contribution >= 4 is 34.1 Å². The Morgan fingerprint density at radius 3 is 2.67 bits per heavy atom. The Hall–Kier alpha value is -4.24. The zero-order valence-electron chi connectivity index (χ0n) is 22.2. The largest absolute Gasteiger partial charge is 0.497 e. The fraction of sp³-hybridized carbons (Fsp3) is 0.276. The molecule has 10 heteroatoms. The predicted molar refractivity (Wildman–Crippen MR) is 150 cm³/mol. The fourth-order valence-electron chi connectivity index (χ4n) is 4.16. The van der Waals surface area contributed by atoms with E-state index in [2.05, 4.69) is 20.5 Å². The van der Waals surface area contributed by atoms with Crippen LogP contribution in [0.15, 0.2) is 60.8 Å². The van der Waals surface area contributed by atoms with Crippen LogP contribution in [0.5, 0.6) is 11.5 Å². The third-order valence-electron chi connectivity index (χ3n) is 6.11. The van der Waals surface area contributed by atoms with Gasteiger partial charge in [-0.3, -0.25) is 9.78 Å². The van der Waals surface area contributed by atoms with Crippen LogP contribution in [0, 0.1) is 5.41 Å². The van der Waals surface area contributed by atoms with Gasteiger partial charge in [-0.15, -0.1) is 10.2 Å². The SMILES string of the molecule is COc1ccc2c(OCc3nnc4ccc(-c5ccc(CNC(=O)CC(C)(C)C)c(Cl)c5)nn34)ccnc2c1. The summed E-state index contributed by atoms with van der Waals surface area (Å²) in [5.74, 6) is 1.95. The van der Waals surface area contributed by atoms with Crippen molar-refractivity contribution in [2.75, 3.05) is 7.11 Å². The number of benzene rings is 2. The van der Waals surface area contributed by atoms with Gasteiger partial charge in [0.2, 0.25) is 5.91 Å². The first-order chi connectivity index (χ1) is 18.7. The van der Waals surface area contributed by atoms with E-state index in [1.165, 1.54) is 0 Å². The lowest BCUT2D eigenvalue weighted by Crippen LogP contribution is -2.27. The Morgan fingerprint density at radius 2 is 1.90 bits per heavy atom. The molecule has 5 rings (SSSR count). The number of halogens is 1. The highest BCUT2D eigenvalue weighted by atomic mass is 35.5. The second kappa shape index (κ2) is 10.9. The number of aromatic nitrogens is 5. The lowest BCUT2D eigenvalue weighted by atomic mass is 9.92. The minimum Gasteiger partial charge on any atom is -0.497 e. The molecule has 3 heterocycles. The van der Waals surface area contributed by atoms with Gasteiger partial charge in [0.25, 0.3) is 0 Å². The quantitative estimate of drug-likeness (QED) is 0.270. The maximum atomic E-state index is 12.2. The summed E-state index contributed by atoms with van der Waals surface area (Å²) in [6.07, 6.45) is 2.14. The standard InChI is InChI=1S/C29H29ClN6O3/c1-29(2,3)15-28(37)32-16-19-6-5-18(13-22(19)30)23-9-10-26-33-34-27(36(26)35-23)17-39-25-11-12-31-24-14-20(38-4)7-8-21(24)25/h5-14H,15-17H2,1-4H3,(H,32,37). The number of methoxy groups -OCH3 is 1. The number of rotatable bonds is 8. The van der Waals surface area contributed by atoms with Crippen molar-refractivity contribution < 1.29 is 14.3 Å². The van der Waals surface area contributed by atoms with Crippen molar-refractivity contribution in [3.05, 3.63) is 77.2 Å². The van der Waals surface area contributed by atoms with E-state index in [9.17, 15) is 4.79 Å². The number of fused-ring (bicyclic) bond motifs is 2. The van der Waals surface area contributed by atoms with Crippen molar-refractivity contribution in [1.29, 1.82) is 0 Å². The summed E-state index contributed by atoms with van der Waals surface area (Å²) < 4.78 is 13.1. The molecule has 0 aliphatic carbocycles. The number of carbonyl (C=O) groups is 1. The Balaban J connectivity index is 1.33. The molecule has 39 heavy (non-hydrogen) atoms. The molecule has 9 nitrogen and oxygen atoms in total. The summed E-state index contributed by atoms with van der Waals surface area (Å²) in [5.41, 5.74) is 3.67. The molecule has 1 amide bonds. The van der Waals surface area contributed by atoms with Gasteiger partial charge >= 0.3 is 0 Å². The summed E-state index contributed by atoms with van der Waals surface area (Å²) in [7, 11) is 1.62. The molecular formula is C29H29ClN6O3. The predicted octanol–water partition coefficient (Wildman–Crippen LogP) is 5.63. The molecule has 0 atom stereocenters. The maximum Gasteiger partial charge on any atom is 0.220 e. The van der Waals surface area contributed by atoms with Crippen molar-refractivity contribution in [3.8, 4) is 22.8 Å². The molecule has 3 aromatic heterocycles. The minimum atomic E-state index is -0.0751. The molecule has 0 saturated carbocycles. The maximum absolute atomic E-state index is 12.2. The molecule has 0 aliphatic rings. The van der Waals surface area contributed by atoms with Crippen LogP contribution in [0.2, 0.25) is 5.02 Å². The number of pyridine rings is 1. The first-order valence-electron chi connectivity index (χ1n) is 12.5. The number of carbonyl (C=O) groups excluding carboxylic acids is 1. The summed E-state index contributed by atoms with van der Waals surface area (Å²) >= 11 is 6.57. The van der Waals surface area contributed by atoms with Gasteiger partial charge in [0.15, 0.2) is 11.5 Å². The third-order valence-corrected chi connectivity index (χ3v) is 6.46. The molecule has 5 aromatic rings. The van der Waals surface area contributed by atoms with Crippen molar-refractivity contribution in [2.24, 2.45) is 5.41 Å². The molecule has 0 saturated heterocycles. The third kappa shape index (κ3) is 6.09. The van der Waals surface area contributed by atoms with Crippen LogP contribution >= 0.6 is 11.6 Å². The van der Waals surface area contributed by atoms with Crippen LogP contribution in [0.1, 0.15) is 38.6 Å². The van der Waals surface area contributed by atoms with Crippen LogP contribution in [-0.4, -0.2) is 37.8 Å². The highest BCUT2D eigenvalue weighted by molar-refractivity contribution is 6.31. The van der Waals surface area contributed by atoms with E-state index < -0.39 is 0 Å².